The lowest BCUT2D eigenvalue weighted by Gasteiger charge is -2.42. The number of carbonyl (C=O) groups is 1. The first-order chi connectivity index (χ1) is 32.1. The normalized spacial score (nSPS) is 23.0. The summed E-state index contributed by atoms with van der Waals surface area (Å²) in [7, 11) is 1.86. The third-order valence-electron chi connectivity index (χ3n) is 15.1. The van der Waals surface area contributed by atoms with E-state index >= 15 is 9.18 Å². The number of nitrogens with zero attached hydrogens (tertiary/aromatic N) is 9. The van der Waals surface area contributed by atoms with Gasteiger partial charge in [-0.3, -0.25) is 28.3 Å². The highest BCUT2D eigenvalue weighted by atomic mass is 19.1. The number of hydrogen-bond donors (Lipinski definition) is 1. The third-order valence-corrected chi connectivity index (χ3v) is 15.1. The van der Waals surface area contributed by atoms with Gasteiger partial charge in [0, 0.05) is 66.2 Å². The molecule has 1 spiro atoms. The fourth-order valence-corrected chi connectivity index (χ4v) is 11.7. The molecule has 342 valence electrons. The molecule has 8 aromatic rings. The predicted molar refractivity (Wildman–Crippen MR) is 246 cm³/mol. The van der Waals surface area contributed by atoms with Gasteiger partial charge in [0.25, 0.3) is 11.5 Å². The average Bonchev–Trinajstić information content (AvgIpc) is 3.90. The fourth-order valence-electron chi connectivity index (χ4n) is 11.7. The van der Waals surface area contributed by atoms with E-state index < -0.39 is 17.3 Å². The Labute approximate surface area is 382 Å². The zero-order valence-electron chi connectivity index (χ0n) is 38.3. The van der Waals surface area contributed by atoms with Crippen molar-refractivity contribution in [1.82, 2.24) is 48.7 Å². The van der Waals surface area contributed by atoms with Crippen LogP contribution in [0, 0.1) is 25.6 Å². The molecule has 1 saturated heterocycles. The molecule has 12 rings (SSSR count). The summed E-state index contributed by atoms with van der Waals surface area (Å²) in [4.78, 5) is 52.4. The molecule has 0 radical (unpaired) electrons. The molecule has 5 aromatic heterocycles. The minimum atomic E-state index is -0.887. The number of nitrogens with one attached hydrogen (secondary N) is 1. The minimum Gasteiger partial charge on any atom is -0.492 e. The van der Waals surface area contributed by atoms with Crippen LogP contribution in [-0.4, -0.2) is 80.0 Å². The first-order valence-electron chi connectivity index (χ1n) is 22.8. The second-order valence-electron chi connectivity index (χ2n) is 19.8. The largest absolute Gasteiger partial charge is 0.492 e. The zero-order valence-corrected chi connectivity index (χ0v) is 38.3. The lowest BCUT2D eigenvalue weighted by atomic mass is 9.70. The van der Waals surface area contributed by atoms with Crippen LogP contribution in [-0.2, 0) is 29.2 Å². The predicted octanol–water partition coefficient (Wildman–Crippen LogP) is 7.12. The van der Waals surface area contributed by atoms with Crippen LogP contribution >= 0.6 is 0 Å². The summed E-state index contributed by atoms with van der Waals surface area (Å²) in [6.45, 7) is 13.1. The summed E-state index contributed by atoms with van der Waals surface area (Å²) >= 11 is 0. The second kappa shape index (κ2) is 14.2. The van der Waals surface area contributed by atoms with Crippen molar-refractivity contribution in [3.8, 4) is 28.4 Å². The Morgan fingerprint density at radius 3 is 2.49 bits per heavy atom. The number of rotatable bonds is 6. The smallest absolute Gasteiger partial charge is 0.438 e. The van der Waals surface area contributed by atoms with Gasteiger partial charge in [0.05, 0.1) is 63.8 Å². The van der Waals surface area contributed by atoms with E-state index in [1.807, 2.05) is 53.8 Å². The maximum atomic E-state index is 15.7. The van der Waals surface area contributed by atoms with Crippen molar-refractivity contribution in [2.24, 2.45) is 13.0 Å². The third kappa shape index (κ3) is 6.02. The van der Waals surface area contributed by atoms with Gasteiger partial charge in [-0.25, -0.2) is 18.9 Å². The minimum absolute atomic E-state index is 0.0170. The van der Waals surface area contributed by atoms with Crippen LogP contribution < -0.4 is 16.1 Å². The summed E-state index contributed by atoms with van der Waals surface area (Å²) in [5, 5.41) is 15.5. The van der Waals surface area contributed by atoms with Crippen LogP contribution in [0.4, 0.5) is 4.39 Å². The molecule has 4 aliphatic rings. The summed E-state index contributed by atoms with van der Waals surface area (Å²) in [6.07, 6.45) is 7.34. The summed E-state index contributed by atoms with van der Waals surface area (Å²) in [5.41, 5.74) is 5.55. The lowest BCUT2D eigenvalue weighted by Crippen LogP contribution is -2.44. The SMILES string of the molecule is Cc1cc(-n2nc3c(c2-c2cncn(-c4ccc5c(cnn5C)c4)c2=O)[C@H](C)N(C(=O)c2cc4cc5c(cc4n2[C@@]2(c4noc(=O)[nH]4)C[C@@H]2C)OC[C@]52CCOC(C)(C)C2)CC3)cc(C)c1F. The maximum Gasteiger partial charge on any atom is 0.438 e. The van der Waals surface area contributed by atoms with E-state index in [9.17, 15) is 9.59 Å². The number of aryl methyl sites for hydroxylation is 3. The molecular formula is C50H49FN10O6. The summed E-state index contributed by atoms with van der Waals surface area (Å²) in [5.74, 6) is -0.148. The molecule has 0 bridgehead atoms. The molecule has 0 unspecified atom stereocenters. The number of aromatic amines is 1. The van der Waals surface area contributed by atoms with Crippen LogP contribution in [0.15, 0.2) is 81.4 Å². The number of amides is 1. The van der Waals surface area contributed by atoms with Crippen LogP contribution in [0.3, 0.4) is 0 Å². The topological polar surface area (TPSA) is 173 Å². The van der Waals surface area contributed by atoms with E-state index in [1.54, 1.807) is 41.5 Å². The van der Waals surface area contributed by atoms with E-state index in [2.05, 4.69) is 47.1 Å². The molecule has 16 nitrogen and oxygen atoms in total. The van der Waals surface area contributed by atoms with Gasteiger partial charge in [-0.05, 0) is 113 Å². The van der Waals surface area contributed by atoms with Gasteiger partial charge < -0.3 is 18.9 Å². The standard InChI is InChI=1S/C50H49FN10O6/c1-26-14-33(15-27(2)42(26)51)61-43(34-22-52-25-59(44(34)62)32-8-9-37-31(16-32)21-53-57(37)7)41-29(4)58(12-10-36(41)55-61)45(63)39-18-30-17-35-40(65-24-49(35)11-13-66-48(5,6)23-49)19-38(30)60(39)50(20-28(50)3)46-54-47(64)67-56-46/h8-9,14-19,21-22,25,28-29H,10-13,20,23-24H2,1-7H3,(H,54,56,64)/t28-,29-,49+,50-/m0/s1. The average molecular weight is 905 g/mol. The number of carbonyl (C=O) groups excluding carboxylic acids is 1. The number of benzene rings is 3. The molecule has 1 saturated carbocycles. The van der Waals surface area contributed by atoms with E-state index in [0.29, 0.717) is 83.6 Å². The van der Waals surface area contributed by atoms with E-state index in [1.165, 1.54) is 17.1 Å². The molecule has 1 amide bonds. The highest BCUT2D eigenvalue weighted by molar-refractivity contribution is 6.00. The van der Waals surface area contributed by atoms with Gasteiger partial charge in [-0.2, -0.15) is 10.2 Å². The molecular weight excluding hydrogens is 856 g/mol. The van der Waals surface area contributed by atoms with E-state index in [0.717, 1.165) is 46.0 Å². The Bertz CT molecular complexity index is 3510. The maximum absolute atomic E-state index is 15.7. The van der Waals surface area contributed by atoms with Gasteiger partial charge in [0.1, 0.15) is 29.1 Å². The fraction of sp³-hybridized carbons (Fsp3) is 0.380. The highest BCUT2D eigenvalue weighted by Gasteiger charge is 2.59. The van der Waals surface area contributed by atoms with Gasteiger partial charge in [-0.15, -0.1) is 0 Å². The van der Waals surface area contributed by atoms with E-state index in [4.69, 9.17) is 19.1 Å². The molecule has 2 fully saturated rings. The Hall–Kier alpha value is -7.14. The first-order valence-corrected chi connectivity index (χ1v) is 22.8. The molecule has 1 aliphatic carbocycles. The van der Waals surface area contributed by atoms with Crippen molar-refractivity contribution in [2.45, 2.75) is 89.8 Å². The van der Waals surface area contributed by atoms with Crippen LogP contribution in [0.25, 0.3) is 44.4 Å². The second-order valence-corrected chi connectivity index (χ2v) is 19.8. The highest BCUT2D eigenvalue weighted by Crippen LogP contribution is 2.57. The van der Waals surface area contributed by atoms with Crippen molar-refractivity contribution in [1.29, 1.82) is 0 Å². The number of H-pyrrole nitrogens is 1. The van der Waals surface area contributed by atoms with Gasteiger partial charge in [-0.1, -0.05) is 12.1 Å². The van der Waals surface area contributed by atoms with Crippen LogP contribution in [0.1, 0.15) is 97.3 Å². The number of fused-ring (bicyclic) bond motifs is 5. The Morgan fingerprint density at radius 2 is 1.76 bits per heavy atom. The van der Waals surface area contributed by atoms with Crippen molar-refractivity contribution in [2.75, 3.05) is 19.8 Å². The Balaban J connectivity index is 1.02. The number of ether oxygens (including phenoxy) is 2. The monoisotopic (exact) mass is 904 g/mol. The van der Waals surface area contributed by atoms with Crippen molar-refractivity contribution >= 4 is 27.7 Å². The van der Waals surface area contributed by atoms with Gasteiger partial charge in [0.2, 0.25) is 0 Å². The summed E-state index contributed by atoms with van der Waals surface area (Å²) in [6, 6.07) is 14.7. The van der Waals surface area contributed by atoms with Crippen molar-refractivity contribution in [3.05, 3.63) is 133 Å². The van der Waals surface area contributed by atoms with Crippen molar-refractivity contribution in [3.63, 3.8) is 0 Å². The number of halogens is 1. The molecule has 17 heteroatoms. The first kappa shape index (κ1) is 41.3. The van der Waals surface area contributed by atoms with Crippen LogP contribution in [0.2, 0.25) is 0 Å². The zero-order chi connectivity index (χ0) is 46.5. The number of aromatic nitrogens is 9. The molecule has 1 N–H and O–H groups in total. The Morgan fingerprint density at radius 1 is 0.970 bits per heavy atom. The van der Waals surface area contributed by atoms with Crippen LogP contribution in [0.5, 0.6) is 5.75 Å². The molecule has 3 aliphatic heterocycles. The summed E-state index contributed by atoms with van der Waals surface area (Å²) < 4.78 is 40.0. The van der Waals surface area contributed by atoms with Gasteiger partial charge >= 0.3 is 5.76 Å². The Kier molecular flexibility index (Phi) is 8.74. The molecule has 3 aromatic carbocycles. The molecule has 67 heavy (non-hydrogen) atoms. The lowest BCUT2D eigenvalue weighted by molar-refractivity contribution is -0.0849. The van der Waals surface area contributed by atoms with Gasteiger partial charge in [0.15, 0.2) is 5.82 Å². The van der Waals surface area contributed by atoms with Crippen molar-refractivity contribution < 1.29 is 23.2 Å². The number of hydrogen-bond acceptors (Lipinski definition) is 10. The quantitative estimate of drug-likeness (QED) is 0.181. The van der Waals surface area contributed by atoms with E-state index in [-0.39, 0.29) is 39.8 Å². The molecule has 8 heterocycles. The molecule has 4 atom stereocenters.